The standard InChI is InChI=1S/C16H28Si.C15H20Si.C12H20Si.C9H16Si.C8H12Si.C7H12Si.4C3H5.4C2H3.2Sn/c1-5-9-13-17(14-10-6-2,15-11-7-3)16-12-8-4;1-4-12-16(13-5-2,14-6-3)15-10-8-7-9-11-15;1-5-9-13(10-6-2,11-7-3)12-8-4;1-5-8-10(4,7-3)9-6-2;1-5-9(6-2,7-3)8-4;1-5-8(4,6-2)7-3;4*1-3-2;4*1-2;;/h5-8H,1-4,9-16H2;4-11H,1-3,12-14H2;5-8H,1-4,9-12H2;5-7H,1-3,8-9H2,4H3;5-8H,1-4H2;5-7H,1-3H2,4H3;4*3H,1-2H2;4*1H,2H2;;. The Bertz CT molecular complexity index is 2190. The maximum absolute atomic E-state index is 3.90. The summed E-state index contributed by atoms with van der Waals surface area (Å²) in [7, 11) is -8.17. The number of benzene rings is 1. The fourth-order valence-corrected chi connectivity index (χ4v) is 38.2. The molecule has 95 heavy (non-hydrogen) atoms. The average molecular weight is 1590 g/mol. The fraction of sp³-hybridized carbons (Fsp3) is 0.264. The third-order valence-corrected chi connectivity index (χ3v) is 61.9. The summed E-state index contributed by atoms with van der Waals surface area (Å²) in [6.07, 6.45) is 39.4. The van der Waals surface area contributed by atoms with Gasteiger partial charge in [0.05, 0.1) is 32.3 Å². The van der Waals surface area contributed by atoms with Crippen molar-refractivity contribution in [2.24, 2.45) is 0 Å². The molecule has 0 saturated heterocycles. The number of rotatable bonds is 51. The zero-order chi connectivity index (χ0) is 74.5. The van der Waals surface area contributed by atoms with Gasteiger partial charge in [-0.25, -0.2) is 0 Å². The van der Waals surface area contributed by atoms with Crippen LogP contribution in [0.1, 0.15) is 25.7 Å². The monoisotopic (exact) mass is 1590 g/mol. The second-order valence-corrected chi connectivity index (χ2v) is 74.0. The molecule has 0 radical (unpaired) electrons. The van der Waals surface area contributed by atoms with Crippen LogP contribution in [0.2, 0.25) is 109 Å². The Morgan fingerprint density at radius 3 is 0.705 bits per heavy atom. The van der Waals surface area contributed by atoms with Crippen molar-refractivity contribution in [3.8, 4) is 0 Å². The summed E-state index contributed by atoms with van der Waals surface area (Å²) < 4.78 is 12.7. The molecule has 0 saturated carbocycles. The van der Waals surface area contributed by atoms with Crippen molar-refractivity contribution in [1.82, 2.24) is 0 Å². The summed E-state index contributed by atoms with van der Waals surface area (Å²) in [5.41, 5.74) is 15.5. The van der Waals surface area contributed by atoms with Crippen LogP contribution in [0.15, 0.2) is 386 Å². The maximum atomic E-state index is 3.90. The Morgan fingerprint density at radius 2 is 0.547 bits per heavy atom. The van der Waals surface area contributed by atoms with Gasteiger partial charge in [0.2, 0.25) is 0 Å². The van der Waals surface area contributed by atoms with E-state index in [9.17, 15) is 0 Å². The summed E-state index contributed by atoms with van der Waals surface area (Å²) in [5.74, 6) is 0. The van der Waals surface area contributed by atoms with Crippen LogP contribution in [-0.2, 0) is 0 Å². The molecule has 0 nitrogen and oxygen atoms in total. The molecule has 0 aliphatic heterocycles. The van der Waals surface area contributed by atoms with Gasteiger partial charge in [-0.2, -0.15) is 0 Å². The SMILES string of the molecule is C=CCC[Si](CCC=C)(CCC=C)CCC=C.C=CC[Si](C)(C=C)CC=C.C=CC[Si](CC=C)(CC=C)CC=C.C=CC[Si](CC=C)(CC=C)c1ccccc1.C=C[CH2][Sn]([CH2]C=C)([CH2]C=C)[CH2]C=C.C=C[Si](C)(C=C)C=C.C=C[Si](C=C)(C=C)C=C.C=[CH][Sn]([CH]=C)([CH]=C)[CH]=C. The van der Waals surface area contributed by atoms with Crippen molar-refractivity contribution >= 4 is 90.4 Å². The third-order valence-electron chi connectivity index (χ3n) is 17.0. The quantitative estimate of drug-likeness (QED) is 0.0450. The van der Waals surface area contributed by atoms with Crippen LogP contribution in [-0.4, -0.2) is 85.2 Å². The topological polar surface area (TPSA) is 0 Å². The Kier molecular flexibility index (Phi) is 72.9. The summed E-state index contributed by atoms with van der Waals surface area (Å²) in [4.78, 5) is 0. The van der Waals surface area contributed by atoms with E-state index in [1.807, 2.05) is 111 Å². The Hall–Kier alpha value is -5.42. The van der Waals surface area contributed by atoms with Crippen molar-refractivity contribution < 1.29 is 0 Å². The van der Waals surface area contributed by atoms with Crippen LogP contribution in [0.25, 0.3) is 0 Å². The van der Waals surface area contributed by atoms with Gasteiger partial charge in [-0.3, -0.25) is 0 Å². The molecular weight excluding hydrogens is 1450 g/mol. The molecule has 0 amide bonds. The number of hydrogen-bond acceptors (Lipinski definition) is 0. The molecule has 1 rings (SSSR count). The van der Waals surface area contributed by atoms with Crippen molar-refractivity contribution in [2.45, 2.75) is 135 Å². The number of allylic oxidation sites excluding steroid dienone is 17. The van der Waals surface area contributed by atoms with Crippen molar-refractivity contribution in [2.75, 3.05) is 0 Å². The van der Waals surface area contributed by atoms with Gasteiger partial charge in [-0.1, -0.05) is 192 Å². The Morgan fingerprint density at radius 1 is 0.284 bits per heavy atom. The van der Waals surface area contributed by atoms with Crippen LogP contribution >= 0.6 is 0 Å². The normalized spacial score (nSPS) is 10.4. The second-order valence-electron chi connectivity index (χ2n) is 24.3. The molecule has 0 unspecified atom stereocenters. The molecule has 0 spiro atoms. The first-order valence-corrected chi connectivity index (χ1v) is 64.4. The predicted molar refractivity (Wildman–Crippen MR) is 480 cm³/mol. The first kappa shape index (κ1) is 103. The molecule has 0 bridgehead atoms. The van der Waals surface area contributed by atoms with Crippen LogP contribution in [0.4, 0.5) is 0 Å². The molecule has 0 N–H and O–H groups in total. The van der Waals surface area contributed by atoms with Gasteiger partial charge in [0.25, 0.3) is 0 Å². The van der Waals surface area contributed by atoms with Crippen molar-refractivity contribution in [3.63, 3.8) is 0 Å². The van der Waals surface area contributed by atoms with Crippen LogP contribution in [0.5, 0.6) is 0 Å². The Labute approximate surface area is 606 Å². The molecule has 0 heterocycles. The molecular formula is C87H140Si6Sn2. The minimum absolute atomic E-state index is 1.09. The van der Waals surface area contributed by atoms with Crippen LogP contribution in [0, 0.1) is 0 Å². The molecule has 1 aromatic carbocycles. The van der Waals surface area contributed by atoms with Gasteiger partial charge in [0.15, 0.2) is 0 Å². The van der Waals surface area contributed by atoms with Crippen molar-refractivity contribution in [1.29, 1.82) is 0 Å². The van der Waals surface area contributed by atoms with E-state index in [-0.39, 0.29) is 0 Å². The van der Waals surface area contributed by atoms with Gasteiger partial charge in [0.1, 0.15) is 16.1 Å². The minimum atomic E-state index is -2.33. The molecule has 0 aliphatic rings. The molecule has 0 atom stereocenters. The molecule has 0 aliphatic carbocycles. The first-order valence-electron chi connectivity index (χ1n) is 33.4. The molecule has 8 heteroatoms. The van der Waals surface area contributed by atoms with Gasteiger partial charge in [-0.05, 0) is 80.1 Å². The van der Waals surface area contributed by atoms with Crippen LogP contribution < -0.4 is 5.19 Å². The fourth-order valence-electron chi connectivity index (χ4n) is 10.2. The summed E-state index contributed by atoms with van der Waals surface area (Å²) >= 11 is -4.37. The summed E-state index contributed by atoms with van der Waals surface area (Å²) in [6, 6.07) is 26.3. The number of hydrogen-bond donors (Lipinski definition) is 0. The van der Waals surface area contributed by atoms with E-state index in [1.54, 1.807) is 0 Å². The van der Waals surface area contributed by atoms with E-state index in [2.05, 4.69) is 289 Å². The first-order chi connectivity index (χ1) is 45.4. The van der Waals surface area contributed by atoms with Gasteiger partial charge < -0.3 is 0 Å². The van der Waals surface area contributed by atoms with E-state index in [0.717, 1.165) is 80.1 Å². The van der Waals surface area contributed by atoms with E-state index >= 15 is 0 Å². The van der Waals surface area contributed by atoms with E-state index in [0.29, 0.717) is 0 Å². The summed E-state index contributed by atoms with van der Waals surface area (Å²) in [5, 5.41) is 1.48. The van der Waals surface area contributed by atoms with Gasteiger partial charge in [-0.15, -0.1) is 144 Å². The summed E-state index contributed by atoms with van der Waals surface area (Å²) in [6.45, 7) is 114. The second kappa shape index (κ2) is 67.2. The zero-order valence-electron chi connectivity index (χ0n) is 61.5. The van der Waals surface area contributed by atoms with Gasteiger partial charge in [0, 0.05) is 0 Å². The zero-order valence-corrected chi connectivity index (χ0v) is 73.2. The average Bonchev–Trinajstić information content (AvgIpc) is 1.18. The molecule has 520 valence electrons. The Balaban J connectivity index is -0.000000189. The molecule has 0 aromatic heterocycles. The predicted octanol–water partition coefficient (Wildman–Crippen LogP) is 28.1. The van der Waals surface area contributed by atoms with E-state index in [4.69, 9.17) is 0 Å². The molecule has 1 aromatic rings. The van der Waals surface area contributed by atoms with Crippen LogP contribution in [0.3, 0.4) is 0 Å². The molecule has 0 fully saturated rings. The van der Waals surface area contributed by atoms with E-state index < -0.39 is 85.2 Å². The van der Waals surface area contributed by atoms with Gasteiger partial charge >= 0.3 is 148 Å². The van der Waals surface area contributed by atoms with Crippen molar-refractivity contribution in [3.05, 3.63) is 386 Å². The van der Waals surface area contributed by atoms with E-state index in [1.165, 1.54) is 47.1 Å². The third kappa shape index (κ3) is 48.9.